The summed E-state index contributed by atoms with van der Waals surface area (Å²) in [6.07, 6.45) is 9.08. The zero-order valence-electron chi connectivity index (χ0n) is 30.4. The Morgan fingerprint density at radius 2 is 1.05 bits per heavy atom. The van der Waals surface area contributed by atoms with E-state index < -0.39 is 0 Å². The van der Waals surface area contributed by atoms with Gasteiger partial charge in [0.15, 0.2) is 11.6 Å². The molecule has 7 aromatic carbocycles. The summed E-state index contributed by atoms with van der Waals surface area (Å²) in [5.74, 6) is 2.01. The topological polar surface area (TPSA) is 46.8 Å². The van der Waals surface area contributed by atoms with Gasteiger partial charge in [0.25, 0.3) is 0 Å². The van der Waals surface area contributed by atoms with Crippen LogP contribution in [0.2, 0.25) is 0 Å². The van der Waals surface area contributed by atoms with Crippen LogP contribution in [0.3, 0.4) is 0 Å². The molecular formula is C51H35N5. The number of rotatable bonds is 6. The number of anilines is 2. The third-order valence-electron chi connectivity index (χ3n) is 11.2. The molecule has 0 fully saturated rings. The first-order valence-electron chi connectivity index (χ1n) is 19.1. The Labute approximate surface area is 325 Å². The van der Waals surface area contributed by atoms with Gasteiger partial charge in [-0.3, -0.25) is 4.57 Å². The van der Waals surface area contributed by atoms with Crippen molar-refractivity contribution in [1.82, 2.24) is 19.5 Å². The molecule has 0 amide bonds. The van der Waals surface area contributed by atoms with E-state index in [4.69, 9.17) is 15.0 Å². The third kappa shape index (κ3) is 5.20. The first-order valence-corrected chi connectivity index (χ1v) is 19.1. The van der Waals surface area contributed by atoms with E-state index in [1.165, 1.54) is 33.5 Å². The van der Waals surface area contributed by atoms with Gasteiger partial charge < -0.3 is 4.90 Å². The zero-order chi connectivity index (χ0) is 37.0. The van der Waals surface area contributed by atoms with Crippen molar-refractivity contribution in [1.29, 1.82) is 0 Å². The van der Waals surface area contributed by atoms with E-state index in [9.17, 15) is 0 Å². The largest absolute Gasteiger partial charge is 0.331 e. The van der Waals surface area contributed by atoms with E-state index in [0.29, 0.717) is 17.6 Å². The van der Waals surface area contributed by atoms with Crippen LogP contribution in [0, 0.1) is 0 Å². The quantitative estimate of drug-likeness (QED) is 0.172. The highest BCUT2D eigenvalue weighted by molar-refractivity contribution is 6.15. The number of hydrogen-bond acceptors (Lipinski definition) is 4. The van der Waals surface area contributed by atoms with Crippen molar-refractivity contribution in [2.45, 2.75) is 12.0 Å². The van der Waals surface area contributed by atoms with Crippen molar-refractivity contribution in [2.24, 2.45) is 0 Å². The molecule has 5 heteroatoms. The second-order valence-electron chi connectivity index (χ2n) is 14.4. The molecule has 56 heavy (non-hydrogen) atoms. The number of benzene rings is 7. The Hall–Kier alpha value is -7.37. The highest BCUT2D eigenvalue weighted by atomic mass is 15.2. The number of nitrogens with zero attached hydrogens (tertiary/aromatic N) is 5. The SMILES string of the molecule is C1=CC2c3ccc4c5ccccc5n(-c5nc(-c6ccccc6)nc(-c6ccccc6)n5)c4c3N(c3ccccc3-c3cccc(-c4ccccc4)c3)C2C=C1. The summed E-state index contributed by atoms with van der Waals surface area (Å²) in [6.45, 7) is 0. The monoisotopic (exact) mass is 717 g/mol. The molecule has 2 unspecified atom stereocenters. The van der Waals surface area contributed by atoms with Gasteiger partial charge in [0.2, 0.25) is 5.95 Å². The van der Waals surface area contributed by atoms with Crippen LogP contribution in [-0.2, 0) is 0 Å². The van der Waals surface area contributed by atoms with Gasteiger partial charge in [-0.05, 0) is 40.5 Å². The fourth-order valence-electron chi connectivity index (χ4n) is 8.67. The van der Waals surface area contributed by atoms with Crippen molar-refractivity contribution in [3.63, 3.8) is 0 Å². The summed E-state index contributed by atoms with van der Waals surface area (Å²) in [4.78, 5) is 18.2. The first-order chi connectivity index (χ1) is 27.8. The Balaban J connectivity index is 1.20. The Bertz CT molecular complexity index is 2930. The molecule has 0 radical (unpaired) electrons. The van der Waals surface area contributed by atoms with Crippen molar-refractivity contribution >= 4 is 33.2 Å². The number of hydrogen-bond donors (Lipinski definition) is 0. The second-order valence-corrected chi connectivity index (χ2v) is 14.4. The number of para-hydroxylation sites is 2. The summed E-state index contributed by atoms with van der Waals surface area (Å²) in [5.41, 5.74) is 12.3. The third-order valence-corrected chi connectivity index (χ3v) is 11.2. The van der Waals surface area contributed by atoms with E-state index in [0.717, 1.165) is 38.6 Å². The normalized spacial score (nSPS) is 15.7. The highest BCUT2D eigenvalue weighted by Crippen LogP contribution is 2.54. The lowest BCUT2D eigenvalue weighted by Gasteiger charge is -2.31. The summed E-state index contributed by atoms with van der Waals surface area (Å²) in [6, 6.07) is 62.1. The summed E-state index contributed by atoms with van der Waals surface area (Å²) in [5, 5.41) is 2.31. The molecule has 11 rings (SSSR count). The summed E-state index contributed by atoms with van der Waals surface area (Å²) in [7, 11) is 0. The molecule has 5 nitrogen and oxygen atoms in total. The number of aromatic nitrogens is 4. The van der Waals surface area contributed by atoms with Crippen LogP contribution >= 0.6 is 0 Å². The van der Waals surface area contributed by atoms with Crippen LogP contribution in [-0.4, -0.2) is 25.6 Å². The van der Waals surface area contributed by atoms with Crippen molar-refractivity contribution in [2.75, 3.05) is 4.90 Å². The van der Waals surface area contributed by atoms with Gasteiger partial charge in [-0.1, -0.05) is 182 Å². The van der Waals surface area contributed by atoms with Crippen LogP contribution in [0.1, 0.15) is 11.5 Å². The molecular weight excluding hydrogens is 683 g/mol. The smallest absolute Gasteiger partial charge is 0.238 e. The van der Waals surface area contributed by atoms with E-state index in [1.54, 1.807) is 0 Å². The summed E-state index contributed by atoms with van der Waals surface area (Å²) >= 11 is 0. The molecule has 9 aromatic rings. The van der Waals surface area contributed by atoms with Crippen LogP contribution in [0.4, 0.5) is 11.4 Å². The fraction of sp³-hybridized carbons (Fsp3) is 0.0392. The van der Waals surface area contributed by atoms with E-state index >= 15 is 0 Å². The molecule has 1 aliphatic carbocycles. The molecule has 264 valence electrons. The molecule has 0 N–H and O–H groups in total. The molecule has 0 spiro atoms. The molecule has 0 saturated heterocycles. The minimum Gasteiger partial charge on any atom is -0.331 e. The fourth-order valence-corrected chi connectivity index (χ4v) is 8.67. The molecule has 2 atom stereocenters. The Morgan fingerprint density at radius 1 is 0.446 bits per heavy atom. The van der Waals surface area contributed by atoms with Crippen LogP contribution < -0.4 is 4.90 Å². The maximum absolute atomic E-state index is 5.28. The van der Waals surface area contributed by atoms with E-state index in [1.807, 2.05) is 36.4 Å². The summed E-state index contributed by atoms with van der Waals surface area (Å²) < 4.78 is 2.28. The maximum Gasteiger partial charge on any atom is 0.238 e. The van der Waals surface area contributed by atoms with Crippen molar-refractivity contribution in [3.05, 3.63) is 206 Å². The lowest BCUT2D eigenvalue weighted by atomic mass is 9.91. The average Bonchev–Trinajstić information content (AvgIpc) is 3.80. The second kappa shape index (κ2) is 13.2. The van der Waals surface area contributed by atoms with Crippen LogP contribution in [0.25, 0.3) is 72.8 Å². The molecule has 0 bridgehead atoms. The predicted molar refractivity (Wildman–Crippen MR) is 229 cm³/mol. The van der Waals surface area contributed by atoms with Gasteiger partial charge in [0, 0.05) is 39.1 Å². The number of fused-ring (bicyclic) bond motifs is 7. The van der Waals surface area contributed by atoms with Gasteiger partial charge >= 0.3 is 0 Å². The van der Waals surface area contributed by atoms with E-state index in [-0.39, 0.29) is 12.0 Å². The molecule has 1 aliphatic heterocycles. The highest BCUT2D eigenvalue weighted by Gasteiger charge is 2.41. The standard InChI is InChI=1S/C51H35N5/c1-4-17-34(18-5-1)37-23-16-24-38(33-37)39-25-10-13-28-44(39)55-45-29-14-11-26-40(45)42-31-32-43-41-27-12-15-30-46(41)56(48(43)47(42)55)51-53-49(35-19-6-2-7-20-35)52-50(54-51)36-21-8-3-9-22-36/h1-33,40,45H. The van der Waals surface area contributed by atoms with Crippen molar-refractivity contribution in [3.8, 4) is 51.0 Å². The lowest BCUT2D eigenvalue weighted by molar-refractivity contribution is 0.745. The first kappa shape index (κ1) is 32.1. The molecule has 0 saturated carbocycles. The van der Waals surface area contributed by atoms with Gasteiger partial charge in [-0.15, -0.1) is 0 Å². The van der Waals surface area contributed by atoms with Gasteiger partial charge in [0.05, 0.1) is 22.8 Å². The van der Waals surface area contributed by atoms with Crippen LogP contribution in [0.15, 0.2) is 200 Å². The van der Waals surface area contributed by atoms with Crippen LogP contribution in [0.5, 0.6) is 0 Å². The van der Waals surface area contributed by atoms with Gasteiger partial charge in [-0.2, -0.15) is 9.97 Å². The molecule has 2 aliphatic rings. The van der Waals surface area contributed by atoms with Gasteiger partial charge in [-0.25, -0.2) is 4.98 Å². The lowest BCUT2D eigenvalue weighted by Crippen LogP contribution is -2.29. The maximum atomic E-state index is 5.28. The Morgan fingerprint density at radius 3 is 1.80 bits per heavy atom. The van der Waals surface area contributed by atoms with E-state index in [2.05, 4.69) is 173 Å². The average molecular weight is 718 g/mol. The Kier molecular flexibility index (Phi) is 7.56. The minimum absolute atomic E-state index is 0.0728. The molecule has 2 aromatic heterocycles. The molecule has 3 heterocycles. The zero-order valence-corrected chi connectivity index (χ0v) is 30.4. The number of allylic oxidation sites excluding steroid dienone is 2. The van der Waals surface area contributed by atoms with Gasteiger partial charge in [0.1, 0.15) is 0 Å². The predicted octanol–water partition coefficient (Wildman–Crippen LogP) is 12.4. The van der Waals surface area contributed by atoms with Crippen molar-refractivity contribution < 1.29 is 0 Å². The minimum atomic E-state index is 0.0728.